The van der Waals surface area contributed by atoms with Crippen LogP contribution in [-0.4, -0.2) is 0 Å². The van der Waals surface area contributed by atoms with Gasteiger partial charge >= 0.3 is 0 Å². The number of halogens is 2. The van der Waals surface area contributed by atoms with Gasteiger partial charge in [-0.15, -0.1) is 0 Å². The fourth-order valence-electron chi connectivity index (χ4n) is 14.7. The first-order chi connectivity index (χ1) is 49.9. The number of rotatable bonds is 10. The summed E-state index contributed by atoms with van der Waals surface area (Å²) in [4.78, 5) is 4.73. The van der Waals surface area contributed by atoms with E-state index in [4.69, 9.17) is 0 Å². The molecule has 19 aromatic carbocycles. The Morgan fingerprint density at radius 3 is 0.686 bits per heavy atom. The van der Waals surface area contributed by atoms with Crippen LogP contribution in [0.25, 0.3) is 119 Å². The molecule has 0 aliphatic rings. The highest BCUT2D eigenvalue weighted by atomic mass is 79.9. The lowest BCUT2D eigenvalue weighted by molar-refractivity contribution is 1.29. The highest BCUT2D eigenvalue weighted by Gasteiger charge is 2.19. The second-order valence-electron chi connectivity index (χ2n) is 25.4. The molecule has 486 valence electrons. The molecule has 0 fully saturated rings. The number of hydrogen-bond acceptors (Lipinski definition) is 3. The van der Waals surface area contributed by atoms with Gasteiger partial charge in [0.1, 0.15) is 0 Å². The van der Waals surface area contributed by atoms with Crippen LogP contribution in [-0.2, 0) is 0 Å². The van der Waals surface area contributed by atoms with E-state index in [1.54, 1.807) is 0 Å². The molecule has 0 aliphatic heterocycles. The SMILES string of the molecule is Brc1ccc(-c2ccc(Br)cc2)cc1.[CH3-].c1ccc(N(c2ccc(-c3ccc(N(c4ccccc4)c4ccc5c6ccccc6c6ccccc6c5c4)cc3)cc2)c2ccc3c4ccccc4c4ccccc4c3c2)cc1.c1ccc(Nc2ccc3c4ccccc4c4ccccc4c3c2)cc1. The Morgan fingerprint density at radius 2 is 0.382 bits per heavy atom. The molecular weight excluding hydrogens is 1370 g/mol. The molecule has 0 saturated heterocycles. The summed E-state index contributed by atoms with van der Waals surface area (Å²) in [5, 5.41) is 26.6. The smallest absolute Gasteiger partial charge is 0.0468 e. The molecule has 0 spiro atoms. The van der Waals surface area contributed by atoms with Gasteiger partial charge in [-0.05, 0) is 241 Å². The van der Waals surface area contributed by atoms with Crippen molar-refractivity contribution in [2.45, 2.75) is 0 Å². The monoisotopic (exact) mass is 1430 g/mol. The van der Waals surface area contributed by atoms with Crippen LogP contribution in [0.2, 0.25) is 0 Å². The number of anilines is 8. The summed E-state index contributed by atoms with van der Waals surface area (Å²) in [6, 6.07) is 139. The Bertz CT molecular complexity index is 5830. The van der Waals surface area contributed by atoms with Crippen molar-refractivity contribution in [3.63, 3.8) is 0 Å². The van der Waals surface area contributed by atoms with Crippen LogP contribution in [0.4, 0.5) is 45.5 Å². The first-order valence-electron chi connectivity index (χ1n) is 34.2. The van der Waals surface area contributed by atoms with Crippen molar-refractivity contribution >= 4 is 174 Å². The molecule has 0 bridgehead atoms. The summed E-state index contributed by atoms with van der Waals surface area (Å²) in [6.45, 7) is 0. The van der Waals surface area contributed by atoms with Crippen molar-refractivity contribution in [3.8, 4) is 22.3 Å². The zero-order chi connectivity index (χ0) is 67.6. The predicted octanol–water partition coefficient (Wildman–Crippen LogP) is 29.4. The van der Waals surface area contributed by atoms with Gasteiger partial charge in [0.05, 0.1) is 0 Å². The van der Waals surface area contributed by atoms with Gasteiger partial charge in [0.2, 0.25) is 0 Å². The van der Waals surface area contributed by atoms with E-state index < -0.39 is 0 Å². The lowest BCUT2D eigenvalue weighted by atomic mass is 9.94. The average Bonchev–Trinajstić information content (AvgIpc) is 0.769. The normalized spacial score (nSPS) is 11.2. The fourth-order valence-corrected chi connectivity index (χ4v) is 15.2. The zero-order valence-electron chi connectivity index (χ0n) is 56.1. The molecule has 0 saturated carbocycles. The topological polar surface area (TPSA) is 18.5 Å². The van der Waals surface area contributed by atoms with E-state index in [2.05, 4.69) is 417 Å². The van der Waals surface area contributed by atoms with E-state index in [1.807, 2.05) is 18.2 Å². The number of hydrogen-bond donors (Lipinski definition) is 1. The van der Waals surface area contributed by atoms with E-state index in [0.717, 1.165) is 54.4 Å². The molecule has 102 heavy (non-hydrogen) atoms. The van der Waals surface area contributed by atoms with Gasteiger partial charge in [-0.3, -0.25) is 0 Å². The molecule has 0 amide bonds. The molecule has 0 heterocycles. The highest BCUT2D eigenvalue weighted by Crippen LogP contribution is 2.45. The molecule has 1 N–H and O–H groups in total. The maximum absolute atomic E-state index is 3.51. The number of benzene rings is 19. The molecule has 3 nitrogen and oxygen atoms in total. The lowest BCUT2D eigenvalue weighted by Crippen LogP contribution is -2.10. The number of para-hydroxylation sites is 3. The average molecular weight is 1440 g/mol. The Labute approximate surface area is 611 Å². The predicted molar refractivity (Wildman–Crippen MR) is 449 cm³/mol. The van der Waals surface area contributed by atoms with Gasteiger partial charge in [-0.1, -0.05) is 299 Å². The maximum atomic E-state index is 3.51. The summed E-state index contributed by atoms with van der Waals surface area (Å²) in [6.07, 6.45) is 0. The van der Waals surface area contributed by atoms with E-state index in [0.29, 0.717) is 0 Å². The van der Waals surface area contributed by atoms with Crippen molar-refractivity contribution in [1.82, 2.24) is 0 Å². The summed E-state index contributed by atoms with van der Waals surface area (Å²) in [5.41, 5.74) is 13.7. The number of fused-ring (bicyclic) bond motifs is 18. The van der Waals surface area contributed by atoms with Crippen LogP contribution < -0.4 is 15.1 Å². The number of nitrogens with zero attached hydrogens (tertiary/aromatic N) is 2. The van der Waals surface area contributed by atoms with E-state index in [9.17, 15) is 0 Å². The van der Waals surface area contributed by atoms with Gasteiger partial charge in [0, 0.05) is 54.4 Å². The van der Waals surface area contributed by atoms with Gasteiger partial charge in [0.25, 0.3) is 0 Å². The quantitative estimate of drug-likeness (QED) is 0.109. The lowest BCUT2D eigenvalue weighted by Gasteiger charge is -2.27. The standard InChI is InChI=1S/C60H40N2.C24H17N.C12H8Br2.CH3/c1-3-15-43(16-4-1)61(47-35-37-57-53-23-9-7-19-49(53)51-21-11-13-25-55(51)59(57)39-47)45-31-27-41(28-32-45)42-29-33-46(34-30-42)62(44-17-5-2-6-18-44)48-36-38-58-54-24-10-8-20-50(54)52-22-12-14-26-56(52)60(58)40-48;1-2-8-17(9-3-1)25-18-14-15-23-21-12-5-4-10-19(21)20-11-6-7-13-22(20)24(23)16-18;13-11-5-1-9(2-6-11)10-3-7-12(14)8-4-10;/h1-40H;1-16,25H;1-8H;1H3/q;;;-1. The van der Waals surface area contributed by atoms with Gasteiger partial charge in [-0.2, -0.15) is 0 Å². The second-order valence-corrected chi connectivity index (χ2v) is 27.3. The van der Waals surface area contributed by atoms with Crippen LogP contribution in [0.5, 0.6) is 0 Å². The molecule has 0 radical (unpaired) electrons. The first kappa shape index (κ1) is 64.5. The van der Waals surface area contributed by atoms with E-state index in [1.165, 1.54) is 119 Å². The van der Waals surface area contributed by atoms with Crippen molar-refractivity contribution < 1.29 is 0 Å². The van der Waals surface area contributed by atoms with Crippen LogP contribution in [0.3, 0.4) is 0 Å². The van der Waals surface area contributed by atoms with Crippen LogP contribution >= 0.6 is 31.9 Å². The molecule has 5 heteroatoms. The summed E-state index contributed by atoms with van der Waals surface area (Å²) in [5.74, 6) is 0. The largest absolute Gasteiger partial charge is 0.358 e. The summed E-state index contributed by atoms with van der Waals surface area (Å²) < 4.78 is 2.22. The Morgan fingerprint density at radius 1 is 0.167 bits per heavy atom. The van der Waals surface area contributed by atoms with E-state index >= 15 is 0 Å². The third kappa shape index (κ3) is 12.7. The third-order valence-electron chi connectivity index (χ3n) is 19.4. The van der Waals surface area contributed by atoms with Crippen molar-refractivity contribution in [3.05, 3.63) is 405 Å². The van der Waals surface area contributed by atoms with Crippen molar-refractivity contribution in [2.75, 3.05) is 15.1 Å². The van der Waals surface area contributed by atoms with Gasteiger partial charge in [0.15, 0.2) is 0 Å². The van der Waals surface area contributed by atoms with Crippen LogP contribution in [0.1, 0.15) is 0 Å². The van der Waals surface area contributed by atoms with E-state index in [-0.39, 0.29) is 7.43 Å². The van der Waals surface area contributed by atoms with Crippen molar-refractivity contribution in [1.29, 1.82) is 0 Å². The Balaban J connectivity index is 0.000000163. The second kappa shape index (κ2) is 28.6. The third-order valence-corrected chi connectivity index (χ3v) is 20.5. The van der Waals surface area contributed by atoms with Crippen molar-refractivity contribution in [2.24, 2.45) is 0 Å². The molecule has 19 rings (SSSR count). The molecule has 19 aromatic rings. The molecule has 0 unspecified atom stereocenters. The minimum absolute atomic E-state index is 0. The van der Waals surface area contributed by atoms with Gasteiger partial charge in [-0.25, -0.2) is 0 Å². The molecule has 0 atom stereocenters. The maximum Gasteiger partial charge on any atom is 0.0468 e. The Kier molecular flexibility index (Phi) is 18.1. The summed E-state index contributed by atoms with van der Waals surface area (Å²) >= 11 is 6.84. The fraction of sp³-hybridized carbons (Fsp3) is 0. The Hall–Kier alpha value is -12.1. The highest BCUT2D eigenvalue weighted by molar-refractivity contribution is 9.10. The summed E-state index contributed by atoms with van der Waals surface area (Å²) in [7, 11) is 0. The molecule has 0 aromatic heterocycles. The number of nitrogens with one attached hydrogen (secondary N) is 1. The van der Waals surface area contributed by atoms with Crippen LogP contribution in [0, 0.1) is 7.43 Å². The van der Waals surface area contributed by atoms with Crippen LogP contribution in [0.15, 0.2) is 397 Å². The minimum Gasteiger partial charge on any atom is -0.358 e. The zero-order valence-corrected chi connectivity index (χ0v) is 59.3. The molecule has 0 aliphatic carbocycles. The first-order valence-corrected chi connectivity index (χ1v) is 35.8. The minimum atomic E-state index is 0. The van der Waals surface area contributed by atoms with Gasteiger partial charge < -0.3 is 22.5 Å². The molecular formula is C97H68Br2N3-.